The summed E-state index contributed by atoms with van der Waals surface area (Å²) in [6.45, 7) is 5.64. The van der Waals surface area contributed by atoms with E-state index >= 15 is 0 Å². The quantitative estimate of drug-likeness (QED) is 0.872. The second-order valence-electron chi connectivity index (χ2n) is 5.43. The Morgan fingerprint density at radius 2 is 2.00 bits per heavy atom. The number of carbonyl (C=O) groups excluding carboxylic acids is 1. The van der Waals surface area contributed by atoms with E-state index in [1.807, 2.05) is 12.3 Å². The molecule has 4 nitrogen and oxygen atoms in total. The number of amides is 1. The van der Waals surface area contributed by atoms with Crippen molar-refractivity contribution >= 4 is 17.2 Å². The molecule has 3 rings (SSSR count). The maximum Gasteiger partial charge on any atom is 0.256 e. The van der Waals surface area contributed by atoms with Crippen molar-refractivity contribution in [2.75, 3.05) is 26.2 Å². The predicted molar refractivity (Wildman–Crippen MR) is 84.4 cm³/mol. The molecule has 1 aromatic carbocycles. The first-order valence-corrected chi connectivity index (χ1v) is 8.18. The van der Waals surface area contributed by atoms with Crippen LogP contribution in [-0.2, 0) is 6.54 Å². The van der Waals surface area contributed by atoms with Crippen LogP contribution in [0.4, 0.5) is 4.39 Å². The van der Waals surface area contributed by atoms with Gasteiger partial charge in [-0.1, -0.05) is 12.1 Å². The lowest BCUT2D eigenvalue weighted by Gasteiger charge is -2.34. The van der Waals surface area contributed by atoms with E-state index in [1.54, 1.807) is 34.4 Å². The van der Waals surface area contributed by atoms with Crippen molar-refractivity contribution in [3.8, 4) is 0 Å². The number of rotatable bonds is 3. The highest BCUT2D eigenvalue weighted by atomic mass is 32.1. The Hall–Kier alpha value is -1.79. The summed E-state index contributed by atoms with van der Waals surface area (Å²) in [4.78, 5) is 20.8. The molecular weight excluding hydrogens is 301 g/mol. The van der Waals surface area contributed by atoms with Gasteiger partial charge < -0.3 is 4.90 Å². The van der Waals surface area contributed by atoms with E-state index in [2.05, 4.69) is 9.88 Å². The van der Waals surface area contributed by atoms with Crippen LogP contribution in [0.3, 0.4) is 0 Å². The lowest BCUT2D eigenvalue weighted by Crippen LogP contribution is -2.48. The van der Waals surface area contributed by atoms with Crippen LogP contribution in [0.25, 0.3) is 0 Å². The van der Waals surface area contributed by atoms with Crippen molar-refractivity contribution in [3.05, 3.63) is 51.7 Å². The molecule has 0 aliphatic carbocycles. The van der Waals surface area contributed by atoms with Crippen molar-refractivity contribution < 1.29 is 9.18 Å². The number of benzene rings is 1. The monoisotopic (exact) mass is 319 g/mol. The van der Waals surface area contributed by atoms with Gasteiger partial charge in [-0.25, -0.2) is 9.37 Å². The van der Waals surface area contributed by atoms with Crippen LogP contribution < -0.4 is 0 Å². The Balaban J connectivity index is 1.57. The third-order valence-corrected chi connectivity index (χ3v) is 4.74. The molecule has 1 aromatic heterocycles. The fourth-order valence-electron chi connectivity index (χ4n) is 2.58. The number of nitrogens with zero attached hydrogens (tertiary/aromatic N) is 3. The fourth-order valence-corrected chi connectivity index (χ4v) is 3.39. The maximum atomic E-state index is 13.7. The number of thiazole rings is 1. The summed E-state index contributed by atoms with van der Waals surface area (Å²) in [7, 11) is 0. The Kier molecular flexibility index (Phi) is 4.49. The summed E-state index contributed by atoms with van der Waals surface area (Å²) in [5.74, 6) is -0.670. The predicted octanol–water partition coefficient (Wildman–Crippen LogP) is 2.55. The topological polar surface area (TPSA) is 36.4 Å². The Labute approximate surface area is 133 Å². The zero-order valence-electron chi connectivity index (χ0n) is 12.5. The molecule has 0 unspecified atom stereocenters. The van der Waals surface area contributed by atoms with Crippen molar-refractivity contribution in [1.82, 2.24) is 14.8 Å². The molecule has 116 valence electrons. The van der Waals surface area contributed by atoms with Gasteiger partial charge in [0.05, 0.1) is 12.1 Å². The molecule has 0 radical (unpaired) electrons. The zero-order valence-corrected chi connectivity index (χ0v) is 13.3. The molecule has 1 fully saturated rings. The minimum Gasteiger partial charge on any atom is -0.336 e. The van der Waals surface area contributed by atoms with Crippen molar-refractivity contribution in [1.29, 1.82) is 0 Å². The van der Waals surface area contributed by atoms with E-state index < -0.39 is 5.82 Å². The van der Waals surface area contributed by atoms with Gasteiger partial charge in [0.15, 0.2) is 0 Å². The van der Waals surface area contributed by atoms with Crippen LogP contribution >= 0.6 is 11.3 Å². The molecule has 0 N–H and O–H groups in total. The summed E-state index contributed by atoms with van der Waals surface area (Å²) in [5, 5.41) is 3.15. The van der Waals surface area contributed by atoms with Gasteiger partial charge in [0, 0.05) is 37.3 Å². The van der Waals surface area contributed by atoms with E-state index in [1.165, 1.54) is 6.07 Å². The van der Waals surface area contributed by atoms with Gasteiger partial charge in [-0.3, -0.25) is 9.69 Å². The lowest BCUT2D eigenvalue weighted by atomic mass is 10.1. The second kappa shape index (κ2) is 6.54. The number of carbonyl (C=O) groups is 1. The minimum atomic E-state index is -0.451. The van der Waals surface area contributed by atoms with Crippen LogP contribution in [0.2, 0.25) is 0 Å². The molecule has 1 aliphatic heterocycles. The summed E-state index contributed by atoms with van der Waals surface area (Å²) in [6, 6.07) is 6.16. The van der Waals surface area contributed by atoms with Crippen LogP contribution in [0.1, 0.15) is 21.1 Å². The molecule has 0 saturated carbocycles. The van der Waals surface area contributed by atoms with Gasteiger partial charge in [-0.05, 0) is 19.1 Å². The van der Waals surface area contributed by atoms with Crippen LogP contribution in [-0.4, -0.2) is 46.9 Å². The van der Waals surface area contributed by atoms with Crippen molar-refractivity contribution in [2.24, 2.45) is 0 Å². The third-order valence-electron chi connectivity index (χ3n) is 3.79. The van der Waals surface area contributed by atoms with Gasteiger partial charge in [0.25, 0.3) is 5.91 Å². The lowest BCUT2D eigenvalue weighted by molar-refractivity contribution is 0.0624. The average molecular weight is 319 g/mol. The molecule has 2 heterocycles. The first-order valence-electron chi connectivity index (χ1n) is 7.30. The van der Waals surface area contributed by atoms with E-state index in [0.717, 1.165) is 30.3 Å². The summed E-state index contributed by atoms with van der Waals surface area (Å²) in [6.07, 6.45) is 0. The summed E-state index contributed by atoms with van der Waals surface area (Å²) < 4.78 is 13.7. The average Bonchev–Trinajstić information content (AvgIpc) is 2.93. The normalized spacial score (nSPS) is 16.0. The van der Waals surface area contributed by atoms with E-state index in [-0.39, 0.29) is 11.5 Å². The molecule has 6 heteroatoms. The molecule has 22 heavy (non-hydrogen) atoms. The first kappa shape index (κ1) is 15.1. The molecule has 1 aliphatic rings. The molecule has 0 spiro atoms. The number of aromatic nitrogens is 1. The number of halogens is 1. The van der Waals surface area contributed by atoms with Gasteiger partial charge >= 0.3 is 0 Å². The van der Waals surface area contributed by atoms with Crippen LogP contribution in [0.5, 0.6) is 0 Å². The van der Waals surface area contributed by atoms with Crippen LogP contribution in [0, 0.1) is 12.7 Å². The van der Waals surface area contributed by atoms with Crippen molar-refractivity contribution in [2.45, 2.75) is 13.5 Å². The number of hydrogen-bond acceptors (Lipinski definition) is 4. The smallest absolute Gasteiger partial charge is 0.256 e. The maximum absolute atomic E-state index is 13.7. The molecule has 2 aromatic rings. The third kappa shape index (κ3) is 3.34. The van der Waals surface area contributed by atoms with Crippen LogP contribution in [0.15, 0.2) is 29.6 Å². The highest BCUT2D eigenvalue weighted by Gasteiger charge is 2.24. The summed E-state index contributed by atoms with van der Waals surface area (Å²) >= 11 is 1.67. The fraction of sp³-hybridized carbons (Fsp3) is 0.375. The molecule has 1 saturated heterocycles. The first-order chi connectivity index (χ1) is 10.6. The molecule has 0 atom stereocenters. The van der Waals surface area contributed by atoms with E-state index in [0.29, 0.717) is 13.1 Å². The number of piperazine rings is 1. The van der Waals surface area contributed by atoms with Gasteiger partial charge in [-0.2, -0.15) is 0 Å². The standard InChI is InChI=1S/C16H18FN3OS/c1-12-11-22-15(18-12)10-19-6-8-20(9-7-19)16(21)13-4-2-3-5-14(13)17/h2-5,11H,6-10H2,1H3. The zero-order chi connectivity index (χ0) is 15.5. The number of aryl methyl sites for hydroxylation is 1. The molecule has 0 bridgehead atoms. The van der Waals surface area contributed by atoms with Gasteiger partial charge in [-0.15, -0.1) is 11.3 Å². The largest absolute Gasteiger partial charge is 0.336 e. The minimum absolute atomic E-state index is 0.159. The number of hydrogen-bond donors (Lipinski definition) is 0. The molecular formula is C16H18FN3OS. The summed E-state index contributed by atoms with van der Waals surface area (Å²) in [5.41, 5.74) is 1.21. The SMILES string of the molecule is Cc1csc(CN2CCN(C(=O)c3ccccc3F)CC2)n1. The van der Waals surface area contributed by atoms with Gasteiger partial charge in [0.1, 0.15) is 10.8 Å². The Morgan fingerprint density at radius 3 is 2.64 bits per heavy atom. The Bertz CT molecular complexity index is 665. The second-order valence-corrected chi connectivity index (χ2v) is 6.37. The van der Waals surface area contributed by atoms with E-state index in [9.17, 15) is 9.18 Å². The highest BCUT2D eigenvalue weighted by Crippen LogP contribution is 2.15. The van der Waals surface area contributed by atoms with E-state index in [4.69, 9.17) is 0 Å². The molecule has 1 amide bonds. The van der Waals surface area contributed by atoms with Gasteiger partial charge in [0.2, 0.25) is 0 Å². The Morgan fingerprint density at radius 1 is 1.27 bits per heavy atom. The van der Waals surface area contributed by atoms with Crippen molar-refractivity contribution in [3.63, 3.8) is 0 Å². The highest BCUT2D eigenvalue weighted by molar-refractivity contribution is 7.09.